The van der Waals surface area contributed by atoms with E-state index in [1.165, 1.54) is 6.42 Å². The monoisotopic (exact) mass is 282 g/mol. The van der Waals surface area contributed by atoms with Crippen LogP contribution in [0.25, 0.3) is 0 Å². The van der Waals surface area contributed by atoms with Crippen molar-refractivity contribution in [1.82, 2.24) is 20.5 Å². The molecule has 0 spiro atoms. The van der Waals surface area contributed by atoms with Gasteiger partial charge in [-0.15, -0.1) is 11.3 Å². The molecule has 0 radical (unpaired) electrons. The summed E-state index contributed by atoms with van der Waals surface area (Å²) in [6.45, 7) is 8.77. The Kier molecular flexibility index (Phi) is 5.15. The predicted octanol–water partition coefficient (Wildman–Crippen LogP) is 1.59. The molecule has 5 nitrogen and oxygen atoms in total. The van der Waals surface area contributed by atoms with Crippen LogP contribution in [0.5, 0.6) is 0 Å². The maximum absolute atomic E-state index is 11.7. The molecule has 6 heteroatoms. The van der Waals surface area contributed by atoms with Crippen LogP contribution in [0.15, 0.2) is 5.38 Å². The summed E-state index contributed by atoms with van der Waals surface area (Å²) in [5.74, 6) is 0.590. The van der Waals surface area contributed by atoms with Crippen LogP contribution in [-0.2, 0) is 6.54 Å². The summed E-state index contributed by atoms with van der Waals surface area (Å²) in [5.41, 5.74) is 0.927. The van der Waals surface area contributed by atoms with Crippen LogP contribution in [0.2, 0.25) is 0 Å². The lowest BCUT2D eigenvalue weighted by Crippen LogP contribution is -2.38. The molecule has 1 aliphatic rings. The number of rotatable bonds is 5. The van der Waals surface area contributed by atoms with Gasteiger partial charge in [0.2, 0.25) is 0 Å². The number of urea groups is 1. The molecular weight excluding hydrogens is 260 g/mol. The molecule has 1 aromatic rings. The van der Waals surface area contributed by atoms with E-state index in [1.54, 1.807) is 11.3 Å². The average Bonchev–Trinajstić information content (AvgIpc) is 3.02. The minimum Gasteiger partial charge on any atom is -0.338 e. The molecule has 1 aromatic heterocycles. The number of nitrogens with zero attached hydrogens (tertiary/aromatic N) is 2. The van der Waals surface area contributed by atoms with Crippen molar-refractivity contribution >= 4 is 17.4 Å². The zero-order valence-electron chi connectivity index (χ0n) is 11.6. The van der Waals surface area contributed by atoms with E-state index in [9.17, 15) is 4.79 Å². The van der Waals surface area contributed by atoms with E-state index in [4.69, 9.17) is 0 Å². The molecule has 0 saturated carbocycles. The number of aryl methyl sites for hydroxylation is 1. The fourth-order valence-corrected chi connectivity index (χ4v) is 2.94. The van der Waals surface area contributed by atoms with Crippen LogP contribution < -0.4 is 10.6 Å². The molecule has 106 valence electrons. The van der Waals surface area contributed by atoms with Crippen molar-refractivity contribution in [2.75, 3.05) is 26.2 Å². The summed E-state index contributed by atoms with van der Waals surface area (Å²) >= 11 is 1.60. The van der Waals surface area contributed by atoms with Crippen molar-refractivity contribution in [1.29, 1.82) is 0 Å². The first-order valence-corrected chi connectivity index (χ1v) is 7.70. The quantitative estimate of drug-likeness (QED) is 0.862. The Labute approximate surface area is 118 Å². The molecular formula is C13H22N4OS. The van der Waals surface area contributed by atoms with E-state index in [1.807, 2.05) is 12.3 Å². The van der Waals surface area contributed by atoms with Gasteiger partial charge in [-0.25, -0.2) is 9.78 Å². The molecule has 0 aromatic carbocycles. The molecule has 2 amide bonds. The third-order valence-electron chi connectivity index (χ3n) is 3.47. The minimum absolute atomic E-state index is 0.0967. The van der Waals surface area contributed by atoms with Crippen molar-refractivity contribution in [2.24, 2.45) is 5.92 Å². The lowest BCUT2D eigenvalue weighted by molar-refractivity contribution is 0.238. The molecule has 1 atom stereocenters. The van der Waals surface area contributed by atoms with E-state index in [-0.39, 0.29) is 6.03 Å². The van der Waals surface area contributed by atoms with Gasteiger partial charge in [0.15, 0.2) is 0 Å². The van der Waals surface area contributed by atoms with Gasteiger partial charge in [0.05, 0.1) is 17.2 Å². The zero-order chi connectivity index (χ0) is 13.7. The van der Waals surface area contributed by atoms with Crippen molar-refractivity contribution in [3.8, 4) is 0 Å². The Balaban J connectivity index is 1.62. The fourth-order valence-electron chi connectivity index (χ4n) is 2.33. The lowest BCUT2D eigenvalue weighted by atomic mass is 10.1. The van der Waals surface area contributed by atoms with E-state index in [0.29, 0.717) is 12.5 Å². The predicted molar refractivity (Wildman–Crippen MR) is 77.3 cm³/mol. The van der Waals surface area contributed by atoms with Gasteiger partial charge in [0.1, 0.15) is 0 Å². The Morgan fingerprint density at radius 2 is 2.42 bits per heavy atom. The van der Waals surface area contributed by atoms with Gasteiger partial charge >= 0.3 is 6.03 Å². The maximum Gasteiger partial charge on any atom is 0.315 e. The van der Waals surface area contributed by atoms with Crippen LogP contribution in [0, 0.1) is 12.8 Å². The highest BCUT2D eigenvalue weighted by atomic mass is 32.1. The zero-order valence-corrected chi connectivity index (χ0v) is 12.4. The fraction of sp³-hybridized carbons (Fsp3) is 0.692. The number of aromatic nitrogens is 1. The van der Waals surface area contributed by atoms with Crippen LogP contribution in [0.3, 0.4) is 0 Å². The molecule has 1 aliphatic heterocycles. The molecule has 0 bridgehead atoms. The summed E-state index contributed by atoms with van der Waals surface area (Å²) in [7, 11) is 0. The van der Waals surface area contributed by atoms with Gasteiger partial charge in [-0.05, 0) is 32.4 Å². The first-order valence-electron chi connectivity index (χ1n) is 6.82. The normalized spacial score (nSPS) is 19.6. The summed E-state index contributed by atoms with van der Waals surface area (Å²) in [6.07, 6.45) is 1.18. The summed E-state index contributed by atoms with van der Waals surface area (Å²) in [5, 5.41) is 8.80. The second-order valence-corrected chi connectivity index (χ2v) is 6.03. The second kappa shape index (κ2) is 6.86. The maximum atomic E-state index is 11.7. The number of amides is 2. The van der Waals surface area contributed by atoms with Crippen LogP contribution >= 0.6 is 11.3 Å². The number of carbonyl (C=O) groups excluding carboxylic acids is 1. The van der Waals surface area contributed by atoms with E-state index >= 15 is 0 Å². The Hall–Kier alpha value is -1.14. The van der Waals surface area contributed by atoms with Crippen molar-refractivity contribution in [2.45, 2.75) is 26.8 Å². The summed E-state index contributed by atoms with van der Waals surface area (Å²) in [4.78, 5) is 18.4. The number of hydrogen-bond acceptors (Lipinski definition) is 4. The second-order valence-electron chi connectivity index (χ2n) is 4.97. The summed E-state index contributed by atoms with van der Waals surface area (Å²) in [6, 6.07) is -0.0967. The number of likely N-dealkylation sites (tertiary alicyclic amines) is 1. The Morgan fingerprint density at radius 3 is 3.05 bits per heavy atom. The van der Waals surface area contributed by atoms with Gasteiger partial charge in [0.25, 0.3) is 0 Å². The highest BCUT2D eigenvalue weighted by molar-refractivity contribution is 7.09. The molecule has 2 N–H and O–H groups in total. The van der Waals surface area contributed by atoms with Crippen LogP contribution in [0.4, 0.5) is 4.79 Å². The topological polar surface area (TPSA) is 57.3 Å². The van der Waals surface area contributed by atoms with Gasteiger partial charge in [-0.1, -0.05) is 6.92 Å². The minimum atomic E-state index is -0.0967. The number of hydrogen-bond donors (Lipinski definition) is 2. The SMILES string of the molecule is CCN1CC[C@H](CNC(=O)NCc2csc(C)n2)C1. The van der Waals surface area contributed by atoms with Gasteiger partial charge in [0, 0.05) is 18.5 Å². The first-order chi connectivity index (χ1) is 9.17. The van der Waals surface area contributed by atoms with Crippen molar-refractivity contribution in [3.63, 3.8) is 0 Å². The third kappa shape index (κ3) is 4.47. The summed E-state index contributed by atoms with van der Waals surface area (Å²) < 4.78 is 0. The van der Waals surface area contributed by atoms with Gasteiger partial charge in [-0.3, -0.25) is 0 Å². The smallest absolute Gasteiger partial charge is 0.315 e. The molecule has 2 heterocycles. The first kappa shape index (κ1) is 14.3. The average molecular weight is 282 g/mol. The molecule has 0 aliphatic carbocycles. The standard InChI is InChI=1S/C13H22N4OS/c1-3-17-5-4-11(8-17)6-14-13(18)15-7-12-9-19-10(2)16-12/h9,11H,3-8H2,1-2H3,(H2,14,15,18)/t11-/m1/s1. The number of thiazole rings is 1. The molecule has 1 saturated heterocycles. The molecule has 2 rings (SSSR count). The van der Waals surface area contributed by atoms with E-state index in [2.05, 4.69) is 27.4 Å². The van der Waals surface area contributed by atoms with Crippen LogP contribution in [-0.4, -0.2) is 42.1 Å². The van der Waals surface area contributed by atoms with Gasteiger partial charge < -0.3 is 15.5 Å². The third-order valence-corrected chi connectivity index (χ3v) is 4.29. The van der Waals surface area contributed by atoms with E-state index < -0.39 is 0 Å². The Bertz CT molecular complexity index is 421. The van der Waals surface area contributed by atoms with E-state index in [0.717, 1.165) is 36.9 Å². The molecule has 19 heavy (non-hydrogen) atoms. The van der Waals surface area contributed by atoms with Gasteiger partial charge in [-0.2, -0.15) is 0 Å². The highest BCUT2D eigenvalue weighted by Gasteiger charge is 2.21. The largest absolute Gasteiger partial charge is 0.338 e. The molecule has 1 fully saturated rings. The lowest BCUT2D eigenvalue weighted by Gasteiger charge is -2.14. The highest BCUT2D eigenvalue weighted by Crippen LogP contribution is 2.14. The van der Waals surface area contributed by atoms with Crippen molar-refractivity contribution < 1.29 is 4.79 Å². The Morgan fingerprint density at radius 1 is 1.58 bits per heavy atom. The van der Waals surface area contributed by atoms with Crippen molar-refractivity contribution in [3.05, 3.63) is 16.1 Å². The number of carbonyl (C=O) groups is 1. The molecule has 0 unspecified atom stereocenters. The van der Waals surface area contributed by atoms with Crippen LogP contribution in [0.1, 0.15) is 24.0 Å². The number of nitrogens with one attached hydrogen (secondary N) is 2.